The lowest BCUT2D eigenvalue weighted by atomic mass is 10.2. The van der Waals surface area contributed by atoms with Crippen molar-refractivity contribution in [3.63, 3.8) is 0 Å². The minimum absolute atomic E-state index is 0.00113. The summed E-state index contributed by atoms with van der Waals surface area (Å²) in [6.07, 6.45) is 0. The first-order valence-electron chi connectivity index (χ1n) is 9.16. The van der Waals surface area contributed by atoms with Crippen LogP contribution in [-0.4, -0.2) is 31.9 Å². The number of nitrogens with one attached hydrogen (secondary N) is 1. The molecule has 3 rings (SSSR count). The van der Waals surface area contributed by atoms with Crippen LogP contribution < -0.4 is 9.62 Å². The summed E-state index contributed by atoms with van der Waals surface area (Å²) in [5.74, 6) is -2.90. The van der Waals surface area contributed by atoms with Crippen molar-refractivity contribution in [3.8, 4) is 0 Å². The van der Waals surface area contributed by atoms with Gasteiger partial charge in [0.25, 0.3) is 10.0 Å². The first kappa shape index (κ1) is 22.0. The SMILES string of the molecule is Cc1ccc(S(=O)(=O)N(CC(=O)Nc2ccccc2C(=O)O)c2ccccc2F)cc1. The molecule has 160 valence electrons. The van der Waals surface area contributed by atoms with Crippen molar-refractivity contribution in [2.45, 2.75) is 11.8 Å². The van der Waals surface area contributed by atoms with Crippen LogP contribution in [0.5, 0.6) is 0 Å². The van der Waals surface area contributed by atoms with Gasteiger partial charge < -0.3 is 10.4 Å². The Balaban J connectivity index is 1.98. The quantitative estimate of drug-likeness (QED) is 0.581. The summed E-state index contributed by atoms with van der Waals surface area (Å²) in [7, 11) is -4.29. The second-order valence-electron chi connectivity index (χ2n) is 6.68. The molecule has 1 amide bonds. The third kappa shape index (κ3) is 4.89. The number of sulfonamides is 1. The molecule has 3 aromatic rings. The van der Waals surface area contributed by atoms with Crippen molar-refractivity contribution >= 4 is 33.3 Å². The van der Waals surface area contributed by atoms with Gasteiger partial charge in [0.1, 0.15) is 12.4 Å². The highest BCUT2D eigenvalue weighted by molar-refractivity contribution is 7.92. The van der Waals surface area contributed by atoms with E-state index in [9.17, 15) is 27.5 Å². The Labute approximate surface area is 178 Å². The maximum atomic E-state index is 14.5. The zero-order valence-electron chi connectivity index (χ0n) is 16.4. The molecule has 0 aromatic heterocycles. The third-order valence-corrected chi connectivity index (χ3v) is 6.22. The molecule has 9 heteroatoms. The summed E-state index contributed by atoms with van der Waals surface area (Å²) in [6, 6.07) is 16.8. The predicted octanol–water partition coefficient (Wildman–Crippen LogP) is 3.67. The van der Waals surface area contributed by atoms with Crippen molar-refractivity contribution < 1.29 is 27.5 Å². The third-order valence-electron chi connectivity index (χ3n) is 4.45. The molecule has 0 aliphatic carbocycles. The first-order valence-corrected chi connectivity index (χ1v) is 10.6. The second kappa shape index (κ2) is 8.97. The average molecular weight is 442 g/mol. The number of anilines is 2. The van der Waals surface area contributed by atoms with Crippen LogP contribution in [-0.2, 0) is 14.8 Å². The number of amides is 1. The summed E-state index contributed by atoms with van der Waals surface area (Å²) >= 11 is 0. The van der Waals surface area contributed by atoms with Crippen LogP contribution in [0.3, 0.4) is 0 Å². The topological polar surface area (TPSA) is 104 Å². The van der Waals surface area contributed by atoms with Crippen molar-refractivity contribution in [2.75, 3.05) is 16.2 Å². The molecule has 0 atom stereocenters. The number of hydrogen-bond donors (Lipinski definition) is 2. The van der Waals surface area contributed by atoms with E-state index in [4.69, 9.17) is 0 Å². The van der Waals surface area contributed by atoms with Gasteiger partial charge in [-0.3, -0.25) is 9.10 Å². The van der Waals surface area contributed by atoms with Gasteiger partial charge in [0.15, 0.2) is 0 Å². The molecule has 0 radical (unpaired) electrons. The zero-order chi connectivity index (χ0) is 22.6. The Morgan fingerprint density at radius 3 is 2.23 bits per heavy atom. The van der Waals surface area contributed by atoms with Gasteiger partial charge in [-0.25, -0.2) is 17.6 Å². The molecule has 0 aliphatic rings. The number of carboxylic acid groups (broad SMARTS) is 1. The number of carboxylic acids is 1. The number of nitrogens with zero attached hydrogens (tertiary/aromatic N) is 1. The molecule has 3 aromatic carbocycles. The molecule has 0 heterocycles. The van der Waals surface area contributed by atoms with E-state index < -0.39 is 34.3 Å². The van der Waals surface area contributed by atoms with Crippen molar-refractivity contribution in [1.82, 2.24) is 0 Å². The lowest BCUT2D eigenvalue weighted by Crippen LogP contribution is -2.38. The van der Waals surface area contributed by atoms with Crippen LogP contribution in [0, 0.1) is 12.7 Å². The largest absolute Gasteiger partial charge is 0.478 e. The molecule has 0 bridgehead atoms. The van der Waals surface area contributed by atoms with Crippen LogP contribution in [0.2, 0.25) is 0 Å². The maximum absolute atomic E-state index is 14.5. The number of hydrogen-bond acceptors (Lipinski definition) is 4. The van der Waals surface area contributed by atoms with Crippen LogP contribution in [0.25, 0.3) is 0 Å². The minimum Gasteiger partial charge on any atom is -0.478 e. The fourth-order valence-corrected chi connectivity index (χ4v) is 4.32. The number of carbonyl (C=O) groups excluding carboxylic acids is 1. The standard InChI is InChI=1S/C22H19FN2O5S/c1-15-10-12-16(13-11-15)31(29,30)25(20-9-5-3-7-18(20)23)14-21(26)24-19-8-4-2-6-17(19)22(27)28/h2-13H,14H2,1H3,(H,24,26)(H,27,28). The molecule has 7 nitrogen and oxygen atoms in total. The number of para-hydroxylation sites is 2. The van der Waals surface area contributed by atoms with E-state index in [1.165, 1.54) is 54.6 Å². The molecule has 2 N–H and O–H groups in total. The summed E-state index contributed by atoms with van der Waals surface area (Å²) in [5, 5.41) is 11.7. The fourth-order valence-electron chi connectivity index (χ4n) is 2.89. The molecular formula is C22H19FN2O5S. The predicted molar refractivity (Wildman–Crippen MR) is 114 cm³/mol. The number of halogens is 1. The van der Waals surface area contributed by atoms with Gasteiger partial charge in [0.05, 0.1) is 21.8 Å². The van der Waals surface area contributed by atoms with Gasteiger partial charge in [-0.1, -0.05) is 42.0 Å². The molecule has 0 saturated carbocycles. The molecular weight excluding hydrogens is 423 g/mol. The van der Waals surface area contributed by atoms with E-state index in [0.29, 0.717) is 4.31 Å². The second-order valence-corrected chi connectivity index (χ2v) is 8.54. The Hall–Kier alpha value is -3.72. The van der Waals surface area contributed by atoms with Gasteiger partial charge in [-0.15, -0.1) is 0 Å². The maximum Gasteiger partial charge on any atom is 0.337 e. The number of aromatic carboxylic acids is 1. The summed E-state index contributed by atoms with van der Waals surface area (Å²) in [5.41, 5.74) is 0.375. The van der Waals surface area contributed by atoms with Crippen LogP contribution >= 0.6 is 0 Å². The highest BCUT2D eigenvalue weighted by Gasteiger charge is 2.29. The summed E-state index contributed by atoms with van der Waals surface area (Å²) < 4.78 is 41.6. The molecule has 0 unspecified atom stereocenters. The number of benzene rings is 3. The Bertz CT molecular complexity index is 1230. The molecule has 0 saturated heterocycles. The lowest BCUT2D eigenvalue weighted by Gasteiger charge is -2.24. The van der Waals surface area contributed by atoms with Gasteiger partial charge in [-0.05, 0) is 43.3 Å². The van der Waals surface area contributed by atoms with E-state index in [0.717, 1.165) is 11.6 Å². The van der Waals surface area contributed by atoms with Crippen LogP contribution in [0.1, 0.15) is 15.9 Å². The van der Waals surface area contributed by atoms with Gasteiger partial charge in [0, 0.05) is 0 Å². The van der Waals surface area contributed by atoms with Gasteiger partial charge >= 0.3 is 5.97 Å². The van der Waals surface area contributed by atoms with Crippen molar-refractivity contribution in [3.05, 3.63) is 89.7 Å². The number of carbonyl (C=O) groups is 2. The van der Waals surface area contributed by atoms with E-state index in [1.807, 2.05) is 0 Å². The van der Waals surface area contributed by atoms with E-state index in [1.54, 1.807) is 19.1 Å². The first-order chi connectivity index (χ1) is 14.7. The smallest absolute Gasteiger partial charge is 0.337 e. The average Bonchev–Trinajstić information content (AvgIpc) is 2.73. The zero-order valence-corrected chi connectivity index (χ0v) is 17.3. The number of aryl methyl sites for hydroxylation is 1. The highest BCUT2D eigenvalue weighted by Crippen LogP contribution is 2.26. The van der Waals surface area contributed by atoms with Gasteiger partial charge in [-0.2, -0.15) is 0 Å². The molecule has 0 aliphatic heterocycles. The van der Waals surface area contributed by atoms with Crippen LogP contribution in [0.4, 0.5) is 15.8 Å². The normalized spacial score (nSPS) is 11.0. The van der Waals surface area contributed by atoms with E-state index in [2.05, 4.69) is 5.32 Å². The summed E-state index contributed by atoms with van der Waals surface area (Å²) in [4.78, 5) is 23.9. The minimum atomic E-state index is -4.29. The molecule has 0 fully saturated rings. The Morgan fingerprint density at radius 1 is 0.968 bits per heavy atom. The highest BCUT2D eigenvalue weighted by atomic mass is 32.2. The van der Waals surface area contributed by atoms with Crippen molar-refractivity contribution in [2.24, 2.45) is 0 Å². The van der Waals surface area contributed by atoms with Gasteiger partial charge in [0.2, 0.25) is 5.91 Å². The van der Waals surface area contributed by atoms with E-state index >= 15 is 0 Å². The molecule has 31 heavy (non-hydrogen) atoms. The Morgan fingerprint density at radius 2 is 1.58 bits per heavy atom. The lowest BCUT2D eigenvalue weighted by molar-refractivity contribution is -0.114. The van der Waals surface area contributed by atoms with Crippen molar-refractivity contribution in [1.29, 1.82) is 0 Å². The summed E-state index contributed by atoms with van der Waals surface area (Å²) in [6.45, 7) is 1.03. The monoisotopic (exact) mass is 442 g/mol. The van der Waals surface area contributed by atoms with E-state index in [-0.39, 0.29) is 21.8 Å². The van der Waals surface area contributed by atoms with Crippen LogP contribution in [0.15, 0.2) is 77.7 Å². The number of rotatable bonds is 7. The molecule has 0 spiro atoms. The fraction of sp³-hybridized carbons (Fsp3) is 0.0909. The Kier molecular flexibility index (Phi) is 6.36.